The number of nitrogens with zero attached hydrogens (tertiary/aromatic N) is 1. The Bertz CT molecular complexity index is 1690. The van der Waals surface area contributed by atoms with Gasteiger partial charge in [-0.25, -0.2) is 12.8 Å². The van der Waals surface area contributed by atoms with Crippen LogP contribution in [0.5, 0.6) is 5.75 Å². The highest BCUT2D eigenvalue weighted by Crippen LogP contribution is 2.54. The molecule has 6 rings (SSSR count). The smallest absolute Gasteiger partial charge is 0.419 e. The highest BCUT2D eigenvalue weighted by Gasteiger charge is 2.55. The number of methoxy groups -OCH3 is 1. The Labute approximate surface area is 265 Å². The molecule has 13 heteroatoms. The van der Waals surface area contributed by atoms with Gasteiger partial charge in [0.2, 0.25) is 5.91 Å². The van der Waals surface area contributed by atoms with Gasteiger partial charge in [-0.3, -0.25) is 14.5 Å². The molecule has 1 aliphatic heterocycles. The summed E-state index contributed by atoms with van der Waals surface area (Å²) in [7, 11) is -1.64. The summed E-state index contributed by atoms with van der Waals surface area (Å²) in [5, 5.41) is 5.68. The van der Waals surface area contributed by atoms with E-state index in [4.69, 9.17) is 4.74 Å². The van der Waals surface area contributed by atoms with E-state index in [1.54, 1.807) is 12.1 Å². The maximum absolute atomic E-state index is 13.9. The number of benzene rings is 2. The second kappa shape index (κ2) is 12.3. The molecule has 2 unspecified atom stereocenters. The average Bonchev–Trinajstić information content (AvgIpc) is 3.67. The van der Waals surface area contributed by atoms with E-state index in [2.05, 4.69) is 16.7 Å². The number of alkyl halides is 3. The summed E-state index contributed by atoms with van der Waals surface area (Å²) in [6.07, 6.45) is 2.74. The number of hydrogen-bond acceptors (Lipinski definition) is 6. The molecule has 4 atom stereocenters. The molecule has 0 saturated heterocycles. The quantitative estimate of drug-likeness (QED) is 0.290. The first-order chi connectivity index (χ1) is 21.7. The van der Waals surface area contributed by atoms with Crippen LogP contribution in [0, 0.1) is 29.5 Å². The van der Waals surface area contributed by atoms with Crippen LogP contribution in [0.25, 0.3) is 0 Å². The molecule has 0 aromatic heterocycles. The highest BCUT2D eigenvalue weighted by molar-refractivity contribution is 7.90. The molecule has 2 aromatic carbocycles. The number of anilines is 1. The van der Waals surface area contributed by atoms with Crippen molar-refractivity contribution in [1.29, 1.82) is 0 Å². The van der Waals surface area contributed by atoms with Gasteiger partial charge in [0.1, 0.15) is 21.4 Å². The minimum atomic E-state index is -4.92. The van der Waals surface area contributed by atoms with Gasteiger partial charge in [0.15, 0.2) is 0 Å². The number of halogens is 4. The SMILES string of the molecule is COc1cc2c(cc1C(=O)N[C@@H]1C3CCC(/C3=C/C3CC3)[C@@H]1C(=O)Nc1ccc(F)c(C(F)(F)F)c1)CCN(CCS(C)(=O)=O)C2. The summed E-state index contributed by atoms with van der Waals surface area (Å²) in [6, 6.07) is 5.38. The molecular formula is C33H37F4N3O5S. The maximum Gasteiger partial charge on any atom is 0.419 e. The van der Waals surface area contributed by atoms with Crippen LogP contribution in [0.3, 0.4) is 0 Å². The lowest BCUT2D eigenvalue weighted by atomic mass is 9.83. The topological polar surface area (TPSA) is 105 Å². The number of nitrogens with one attached hydrogen (secondary N) is 2. The fourth-order valence-corrected chi connectivity index (χ4v) is 7.90. The molecular weight excluding hydrogens is 626 g/mol. The van der Waals surface area contributed by atoms with Crippen molar-refractivity contribution in [1.82, 2.24) is 10.2 Å². The van der Waals surface area contributed by atoms with Crippen molar-refractivity contribution in [3.63, 3.8) is 0 Å². The van der Waals surface area contributed by atoms with Crippen molar-refractivity contribution in [3.8, 4) is 5.75 Å². The van der Waals surface area contributed by atoms with E-state index >= 15 is 0 Å². The second-order valence-electron chi connectivity index (χ2n) is 13.0. The predicted octanol–water partition coefficient (Wildman–Crippen LogP) is 4.99. The molecule has 8 nitrogen and oxygen atoms in total. The number of rotatable bonds is 9. The zero-order valence-electron chi connectivity index (χ0n) is 25.6. The van der Waals surface area contributed by atoms with Gasteiger partial charge in [-0.05, 0) is 85.4 Å². The van der Waals surface area contributed by atoms with Crippen LogP contribution in [-0.4, -0.2) is 63.4 Å². The van der Waals surface area contributed by atoms with E-state index in [1.165, 1.54) is 13.4 Å². The van der Waals surface area contributed by atoms with Gasteiger partial charge in [-0.1, -0.05) is 11.6 Å². The fourth-order valence-electron chi connectivity index (χ4n) is 7.31. The van der Waals surface area contributed by atoms with E-state index in [1.807, 2.05) is 4.90 Å². The van der Waals surface area contributed by atoms with E-state index in [9.17, 15) is 35.6 Å². The molecule has 1 heterocycles. The molecule has 3 saturated carbocycles. The number of amides is 2. The number of hydrogen-bond donors (Lipinski definition) is 2. The summed E-state index contributed by atoms with van der Waals surface area (Å²) in [5.74, 6) is -2.50. The van der Waals surface area contributed by atoms with Crippen molar-refractivity contribution >= 4 is 27.3 Å². The Hall–Kier alpha value is -3.45. The molecule has 3 aliphatic carbocycles. The lowest BCUT2D eigenvalue weighted by molar-refractivity contribution is -0.140. The summed E-state index contributed by atoms with van der Waals surface area (Å²) in [5.41, 5.74) is 1.70. The highest BCUT2D eigenvalue weighted by atomic mass is 32.2. The van der Waals surface area contributed by atoms with Crippen LogP contribution in [-0.2, 0) is 33.8 Å². The molecule has 0 spiro atoms. The van der Waals surface area contributed by atoms with Gasteiger partial charge in [-0.15, -0.1) is 0 Å². The standard InChI is InChI=1S/C33H37F4N3O5S/c1-45-28-15-20-17-40(11-12-46(2,43)44)10-9-19(20)14-25(28)31(41)39-30-23-7-6-22(24(23)13-18-3-4-18)29(30)32(42)38-21-5-8-27(34)26(16-21)33(35,36)37/h5,8,13-16,18,22-23,29-30H,3-4,6-7,9-12,17H2,1-2H3,(H,38,42)(H,39,41)/b24-13-/t22?,23?,29-,30+/m0/s1. The fraction of sp³-hybridized carbons (Fsp3) is 0.515. The predicted molar refractivity (Wildman–Crippen MR) is 163 cm³/mol. The van der Waals surface area contributed by atoms with Gasteiger partial charge in [0.05, 0.1) is 29.9 Å². The lowest BCUT2D eigenvalue weighted by Crippen LogP contribution is -2.48. The Morgan fingerprint density at radius 3 is 2.48 bits per heavy atom. The molecule has 46 heavy (non-hydrogen) atoms. The minimum absolute atomic E-state index is 0.0556. The van der Waals surface area contributed by atoms with Gasteiger partial charge in [-0.2, -0.15) is 13.2 Å². The van der Waals surface area contributed by atoms with Crippen molar-refractivity contribution in [2.24, 2.45) is 23.7 Å². The molecule has 3 fully saturated rings. The van der Waals surface area contributed by atoms with Crippen molar-refractivity contribution in [2.45, 2.75) is 50.9 Å². The first kappa shape index (κ1) is 32.5. The molecule has 2 bridgehead atoms. The average molecular weight is 664 g/mol. The van der Waals surface area contributed by atoms with Gasteiger partial charge in [0, 0.05) is 43.5 Å². The van der Waals surface area contributed by atoms with Crippen molar-refractivity contribution < 1.29 is 40.3 Å². The van der Waals surface area contributed by atoms with Crippen LogP contribution in [0.4, 0.5) is 23.2 Å². The van der Waals surface area contributed by atoms with E-state index in [-0.39, 0.29) is 23.3 Å². The Morgan fingerprint density at radius 2 is 1.80 bits per heavy atom. The molecule has 4 aliphatic rings. The summed E-state index contributed by atoms with van der Waals surface area (Å²) >= 11 is 0. The van der Waals surface area contributed by atoms with Crippen LogP contribution in [0.1, 0.15) is 52.7 Å². The minimum Gasteiger partial charge on any atom is -0.496 e. The van der Waals surface area contributed by atoms with E-state index < -0.39 is 51.2 Å². The van der Waals surface area contributed by atoms with Crippen LogP contribution in [0.2, 0.25) is 0 Å². The molecule has 248 valence electrons. The summed E-state index contributed by atoms with van der Waals surface area (Å²) in [6.45, 7) is 1.56. The third-order valence-electron chi connectivity index (χ3n) is 9.72. The van der Waals surface area contributed by atoms with Crippen molar-refractivity contribution in [2.75, 3.05) is 37.5 Å². The number of carbonyl (C=O) groups is 2. The first-order valence-electron chi connectivity index (χ1n) is 15.5. The van der Waals surface area contributed by atoms with Gasteiger partial charge < -0.3 is 15.4 Å². The third kappa shape index (κ3) is 6.80. The van der Waals surface area contributed by atoms with E-state index in [0.717, 1.165) is 48.4 Å². The van der Waals surface area contributed by atoms with Crippen LogP contribution >= 0.6 is 0 Å². The maximum atomic E-state index is 13.9. The van der Waals surface area contributed by atoms with Gasteiger partial charge >= 0.3 is 6.18 Å². The normalized spacial score (nSPS) is 25.4. The Balaban J connectivity index is 1.24. The molecule has 2 amide bonds. The first-order valence-corrected chi connectivity index (χ1v) is 17.6. The largest absolute Gasteiger partial charge is 0.496 e. The van der Waals surface area contributed by atoms with Crippen LogP contribution < -0.4 is 15.4 Å². The Morgan fingerprint density at radius 1 is 1.07 bits per heavy atom. The third-order valence-corrected chi connectivity index (χ3v) is 10.6. The lowest BCUT2D eigenvalue weighted by Gasteiger charge is -2.31. The number of fused-ring (bicyclic) bond motifs is 3. The van der Waals surface area contributed by atoms with Crippen molar-refractivity contribution in [3.05, 3.63) is 70.1 Å². The number of carbonyl (C=O) groups excluding carboxylic acids is 2. The zero-order chi connectivity index (χ0) is 33.0. The second-order valence-corrected chi connectivity index (χ2v) is 15.2. The summed E-state index contributed by atoms with van der Waals surface area (Å²) < 4.78 is 82.9. The molecule has 0 radical (unpaired) electrons. The summed E-state index contributed by atoms with van der Waals surface area (Å²) in [4.78, 5) is 29.7. The molecule has 2 N–H and O–H groups in total. The monoisotopic (exact) mass is 663 g/mol. The Kier molecular flexibility index (Phi) is 8.68. The zero-order valence-corrected chi connectivity index (χ0v) is 26.4. The van der Waals surface area contributed by atoms with Gasteiger partial charge in [0.25, 0.3) is 5.91 Å². The molecule has 2 aromatic rings. The van der Waals surface area contributed by atoms with E-state index in [0.29, 0.717) is 55.4 Å². The van der Waals surface area contributed by atoms with Crippen LogP contribution in [0.15, 0.2) is 42.0 Å². The number of sulfone groups is 1. The number of ether oxygens (including phenoxy) is 1. The number of allylic oxidation sites excluding steroid dienone is 1.